The molecule has 0 unspecified atom stereocenters. The molecule has 3 heterocycles. The number of aryl methyl sites for hydroxylation is 1. The van der Waals surface area contributed by atoms with E-state index < -0.39 is 0 Å². The number of likely N-dealkylation sites (tertiary alicyclic amines) is 1. The maximum atomic E-state index is 12.3. The summed E-state index contributed by atoms with van der Waals surface area (Å²) in [4.78, 5) is 31.5. The third kappa shape index (κ3) is 4.00. The summed E-state index contributed by atoms with van der Waals surface area (Å²) in [5, 5.41) is 0.976. The Hall–Kier alpha value is -1.66. The summed E-state index contributed by atoms with van der Waals surface area (Å²) in [5.74, 6) is -0.0565. The van der Waals surface area contributed by atoms with Crippen molar-refractivity contribution >= 4 is 28.2 Å². The van der Waals surface area contributed by atoms with Gasteiger partial charge in [0.15, 0.2) is 0 Å². The van der Waals surface area contributed by atoms with Crippen LogP contribution in [-0.2, 0) is 9.59 Å². The SMILES string of the molecule is Cc1ccc(N2CCN(C(=O)/C=C/CN3CCCC3)CC2=O)s1. The van der Waals surface area contributed by atoms with Crippen LogP contribution in [0.3, 0.4) is 0 Å². The molecule has 2 aliphatic rings. The molecular formula is C17H23N3O2S. The van der Waals surface area contributed by atoms with Crippen LogP contribution < -0.4 is 4.90 Å². The molecule has 23 heavy (non-hydrogen) atoms. The molecule has 0 atom stereocenters. The number of hydrogen-bond donors (Lipinski definition) is 0. The van der Waals surface area contributed by atoms with Crippen LogP contribution in [-0.4, -0.2) is 60.9 Å². The average molecular weight is 333 g/mol. The maximum absolute atomic E-state index is 12.3. The summed E-state index contributed by atoms with van der Waals surface area (Å²) in [5.41, 5.74) is 0. The van der Waals surface area contributed by atoms with E-state index in [2.05, 4.69) is 4.90 Å². The van der Waals surface area contributed by atoms with Gasteiger partial charge in [-0.2, -0.15) is 0 Å². The van der Waals surface area contributed by atoms with Crippen molar-refractivity contribution < 1.29 is 9.59 Å². The highest BCUT2D eigenvalue weighted by Gasteiger charge is 2.27. The van der Waals surface area contributed by atoms with Gasteiger partial charge >= 0.3 is 0 Å². The van der Waals surface area contributed by atoms with Gasteiger partial charge in [-0.25, -0.2) is 0 Å². The van der Waals surface area contributed by atoms with Crippen LogP contribution in [0, 0.1) is 6.92 Å². The number of carbonyl (C=O) groups excluding carboxylic acids is 2. The van der Waals surface area contributed by atoms with E-state index in [1.807, 2.05) is 25.1 Å². The lowest BCUT2D eigenvalue weighted by Gasteiger charge is -2.33. The lowest BCUT2D eigenvalue weighted by Crippen LogP contribution is -2.51. The van der Waals surface area contributed by atoms with E-state index in [-0.39, 0.29) is 18.4 Å². The highest BCUT2D eigenvalue weighted by atomic mass is 32.1. The molecule has 2 saturated heterocycles. The van der Waals surface area contributed by atoms with Crippen LogP contribution in [0.2, 0.25) is 0 Å². The van der Waals surface area contributed by atoms with Crippen LogP contribution in [0.4, 0.5) is 5.00 Å². The fourth-order valence-corrected chi connectivity index (χ4v) is 3.94. The Morgan fingerprint density at radius 3 is 2.65 bits per heavy atom. The molecule has 0 radical (unpaired) electrons. The van der Waals surface area contributed by atoms with Crippen molar-refractivity contribution in [1.29, 1.82) is 0 Å². The summed E-state index contributed by atoms with van der Waals surface area (Å²) >= 11 is 1.62. The molecule has 2 aliphatic heterocycles. The molecule has 0 N–H and O–H groups in total. The number of anilines is 1. The summed E-state index contributed by atoms with van der Waals surface area (Å²) in [6.45, 7) is 6.44. The van der Waals surface area contributed by atoms with Crippen LogP contribution in [0.15, 0.2) is 24.3 Å². The fourth-order valence-electron chi connectivity index (χ4n) is 3.03. The van der Waals surface area contributed by atoms with Crippen LogP contribution in [0.25, 0.3) is 0 Å². The molecular weight excluding hydrogens is 310 g/mol. The maximum Gasteiger partial charge on any atom is 0.247 e. The van der Waals surface area contributed by atoms with Crippen molar-refractivity contribution in [2.75, 3.05) is 44.2 Å². The zero-order valence-electron chi connectivity index (χ0n) is 13.5. The Morgan fingerprint density at radius 2 is 2.00 bits per heavy atom. The highest BCUT2D eigenvalue weighted by Crippen LogP contribution is 2.26. The minimum atomic E-state index is -0.0560. The molecule has 2 amide bonds. The Kier molecular flexibility index (Phi) is 5.13. The molecule has 0 saturated carbocycles. The number of carbonyl (C=O) groups is 2. The Labute approximate surface area is 141 Å². The van der Waals surface area contributed by atoms with Gasteiger partial charge in [0.1, 0.15) is 6.54 Å². The third-order valence-corrected chi connectivity index (χ3v) is 5.37. The van der Waals surface area contributed by atoms with Gasteiger partial charge in [-0.1, -0.05) is 6.08 Å². The molecule has 6 heteroatoms. The first-order valence-corrected chi connectivity index (χ1v) is 9.00. The van der Waals surface area contributed by atoms with Crippen LogP contribution >= 0.6 is 11.3 Å². The molecule has 0 aliphatic carbocycles. The first kappa shape index (κ1) is 16.2. The first-order chi connectivity index (χ1) is 11.1. The Morgan fingerprint density at radius 1 is 1.22 bits per heavy atom. The second kappa shape index (κ2) is 7.27. The van der Waals surface area contributed by atoms with Crippen molar-refractivity contribution in [1.82, 2.24) is 9.80 Å². The molecule has 0 bridgehead atoms. The zero-order chi connectivity index (χ0) is 16.2. The fraction of sp³-hybridized carbons (Fsp3) is 0.529. The Bertz CT molecular complexity index is 605. The smallest absolute Gasteiger partial charge is 0.247 e. The Balaban J connectivity index is 1.51. The van der Waals surface area contributed by atoms with Gasteiger partial charge in [0.25, 0.3) is 0 Å². The standard InChI is InChI=1S/C17H23N3O2S/c1-14-6-7-17(23-14)20-12-11-19(13-16(20)22)15(21)5-4-10-18-8-2-3-9-18/h4-7H,2-3,8-13H2,1H3/b5-4+. The highest BCUT2D eigenvalue weighted by molar-refractivity contribution is 7.16. The van der Waals surface area contributed by atoms with E-state index in [9.17, 15) is 9.59 Å². The van der Waals surface area contributed by atoms with Crippen molar-refractivity contribution in [2.24, 2.45) is 0 Å². The lowest BCUT2D eigenvalue weighted by atomic mass is 10.3. The van der Waals surface area contributed by atoms with Gasteiger partial charge in [0.2, 0.25) is 11.8 Å². The number of piperazine rings is 1. The minimum Gasteiger partial charge on any atom is -0.328 e. The average Bonchev–Trinajstić information content (AvgIpc) is 3.19. The van der Waals surface area contributed by atoms with Gasteiger partial charge in [0.05, 0.1) is 5.00 Å². The van der Waals surface area contributed by atoms with Crippen molar-refractivity contribution in [3.05, 3.63) is 29.2 Å². The van der Waals surface area contributed by atoms with Crippen LogP contribution in [0.5, 0.6) is 0 Å². The monoisotopic (exact) mass is 333 g/mol. The molecule has 3 rings (SSSR count). The van der Waals surface area contributed by atoms with E-state index >= 15 is 0 Å². The van der Waals surface area contributed by atoms with Gasteiger partial charge in [-0.05, 0) is 45.0 Å². The van der Waals surface area contributed by atoms with E-state index in [0.717, 1.165) is 24.6 Å². The quantitative estimate of drug-likeness (QED) is 0.790. The van der Waals surface area contributed by atoms with E-state index in [1.165, 1.54) is 17.7 Å². The number of amides is 2. The number of hydrogen-bond acceptors (Lipinski definition) is 4. The van der Waals surface area contributed by atoms with Crippen molar-refractivity contribution in [3.8, 4) is 0 Å². The van der Waals surface area contributed by atoms with Crippen LogP contribution in [0.1, 0.15) is 17.7 Å². The molecule has 0 spiro atoms. The number of rotatable bonds is 4. The summed E-state index contributed by atoms with van der Waals surface area (Å²) in [6.07, 6.45) is 6.05. The first-order valence-electron chi connectivity index (χ1n) is 8.18. The molecule has 1 aromatic rings. The second-order valence-electron chi connectivity index (χ2n) is 6.10. The van der Waals surface area contributed by atoms with E-state index in [0.29, 0.717) is 13.1 Å². The minimum absolute atomic E-state index is 0.000562. The van der Waals surface area contributed by atoms with Gasteiger partial charge in [-0.3, -0.25) is 14.5 Å². The summed E-state index contributed by atoms with van der Waals surface area (Å²) in [6, 6.07) is 4.00. The topological polar surface area (TPSA) is 43.9 Å². The molecule has 1 aromatic heterocycles. The predicted molar refractivity (Wildman–Crippen MR) is 92.8 cm³/mol. The zero-order valence-corrected chi connectivity index (χ0v) is 14.3. The van der Waals surface area contributed by atoms with E-state index in [4.69, 9.17) is 0 Å². The van der Waals surface area contributed by atoms with Crippen molar-refractivity contribution in [3.63, 3.8) is 0 Å². The molecule has 5 nitrogen and oxygen atoms in total. The summed E-state index contributed by atoms with van der Waals surface area (Å²) < 4.78 is 0. The molecule has 2 fully saturated rings. The molecule has 0 aromatic carbocycles. The van der Waals surface area contributed by atoms with Crippen molar-refractivity contribution in [2.45, 2.75) is 19.8 Å². The number of thiophene rings is 1. The summed E-state index contributed by atoms with van der Waals surface area (Å²) in [7, 11) is 0. The normalized spacial score (nSPS) is 20.0. The predicted octanol–water partition coefficient (Wildman–Crippen LogP) is 1.88. The van der Waals surface area contributed by atoms with Gasteiger partial charge < -0.3 is 9.80 Å². The third-order valence-electron chi connectivity index (χ3n) is 4.35. The number of nitrogens with zero attached hydrogens (tertiary/aromatic N) is 3. The van der Waals surface area contributed by atoms with Gasteiger partial charge in [0, 0.05) is 30.6 Å². The van der Waals surface area contributed by atoms with E-state index in [1.54, 1.807) is 27.2 Å². The molecule has 124 valence electrons. The largest absolute Gasteiger partial charge is 0.328 e. The second-order valence-corrected chi connectivity index (χ2v) is 7.37. The van der Waals surface area contributed by atoms with Gasteiger partial charge in [-0.15, -0.1) is 11.3 Å². The lowest BCUT2D eigenvalue weighted by molar-refractivity contribution is -0.133.